The minimum Gasteiger partial charge on any atom is -0.480 e. The number of aromatic nitrogens is 1. The van der Waals surface area contributed by atoms with E-state index >= 15 is 0 Å². The van der Waals surface area contributed by atoms with Gasteiger partial charge in [-0.1, -0.05) is 35.3 Å². The van der Waals surface area contributed by atoms with E-state index in [-0.39, 0.29) is 13.2 Å². The molecule has 0 radical (unpaired) electrons. The first-order valence-corrected chi connectivity index (χ1v) is 9.30. The Bertz CT molecular complexity index is 1080. The van der Waals surface area contributed by atoms with Gasteiger partial charge in [-0.05, 0) is 50.6 Å². The molecule has 148 valence electrons. The minimum atomic E-state index is -0.616. The number of oxazole rings is 1. The van der Waals surface area contributed by atoms with Crippen LogP contribution in [0.15, 0.2) is 45.6 Å². The molecule has 0 aliphatic heterocycles. The third-order valence-electron chi connectivity index (χ3n) is 3.76. The van der Waals surface area contributed by atoms with Gasteiger partial charge in [-0.25, -0.2) is 9.59 Å². The number of hydrogen-bond acceptors (Lipinski definition) is 5. The Morgan fingerprint density at radius 2 is 1.93 bits per heavy atom. The molecule has 0 unspecified atom stereocenters. The zero-order valence-corrected chi connectivity index (χ0v) is 17.1. The highest BCUT2D eigenvalue weighted by Gasteiger charge is 2.19. The Morgan fingerprint density at radius 1 is 1.18 bits per heavy atom. The molecule has 0 aliphatic rings. The lowest BCUT2D eigenvalue weighted by atomic mass is 10.2. The van der Waals surface area contributed by atoms with Crippen LogP contribution in [0.5, 0.6) is 5.75 Å². The molecule has 0 N–H and O–H groups in total. The quantitative estimate of drug-likeness (QED) is 0.557. The zero-order chi connectivity index (χ0) is 20.5. The lowest BCUT2D eigenvalue weighted by Crippen LogP contribution is -2.27. The molecule has 0 atom stereocenters. The summed E-state index contributed by atoms with van der Waals surface area (Å²) in [7, 11) is 0. The Labute approximate surface area is 171 Å². The summed E-state index contributed by atoms with van der Waals surface area (Å²) in [6.45, 7) is 5.19. The number of para-hydroxylation sites is 1. The molecular weight excluding hydrogens is 405 g/mol. The predicted molar refractivity (Wildman–Crippen MR) is 107 cm³/mol. The molecule has 8 heteroatoms. The van der Waals surface area contributed by atoms with Crippen LogP contribution in [0.4, 0.5) is 0 Å². The Morgan fingerprint density at radius 3 is 2.61 bits per heavy atom. The van der Waals surface area contributed by atoms with E-state index in [1.54, 1.807) is 57.2 Å². The summed E-state index contributed by atoms with van der Waals surface area (Å²) in [5.74, 6) is -0.740. The van der Waals surface area contributed by atoms with Gasteiger partial charge in [0.1, 0.15) is 16.9 Å². The predicted octanol–water partition coefficient (Wildman–Crippen LogP) is 4.67. The molecule has 0 fully saturated rings. The smallest absolute Gasteiger partial charge is 0.420 e. The zero-order valence-electron chi connectivity index (χ0n) is 15.6. The van der Waals surface area contributed by atoms with Crippen molar-refractivity contribution < 1.29 is 18.7 Å². The number of esters is 1. The van der Waals surface area contributed by atoms with E-state index in [1.807, 2.05) is 0 Å². The molecule has 2 aromatic carbocycles. The van der Waals surface area contributed by atoms with Crippen molar-refractivity contribution >= 4 is 40.3 Å². The normalized spacial score (nSPS) is 11.6. The van der Waals surface area contributed by atoms with Crippen molar-refractivity contribution in [3.8, 4) is 5.75 Å². The molecule has 0 aliphatic carbocycles. The molecule has 1 aromatic heterocycles. The molecule has 6 nitrogen and oxygen atoms in total. The lowest BCUT2D eigenvalue weighted by Gasteiger charge is -2.19. The van der Waals surface area contributed by atoms with Gasteiger partial charge in [-0.3, -0.25) is 4.57 Å². The molecular formula is C20H19Cl2NO5. The maximum absolute atomic E-state index is 12.4. The van der Waals surface area contributed by atoms with Crippen molar-refractivity contribution in [3.05, 3.63) is 62.6 Å². The first-order chi connectivity index (χ1) is 13.1. The number of hydrogen-bond donors (Lipinski definition) is 0. The van der Waals surface area contributed by atoms with Gasteiger partial charge in [0.15, 0.2) is 12.2 Å². The average Bonchev–Trinajstić information content (AvgIpc) is 2.90. The van der Waals surface area contributed by atoms with Gasteiger partial charge in [0, 0.05) is 10.0 Å². The van der Waals surface area contributed by atoms with Gasteiger partial charge in [-0.15, -0.1) is 0 Å². The Kier molecular flexibility index (Phi) is 5.72. The average molecular weight is 424 g/mol. The first kappa shape index (κ1) is 20.3. The van der Waals surface area contributed by atoms with Crippen LogP contribution in [0.3, 0.4) is 0 Å². The van der Waals surface area contributed by atoms with Gasteiger partial charge < -0.3 is 13.9 Å². The summed E-state index contributed by atoms with van der Waals surface area (Å²) in [4.78, 5) is 24.3. The SMILES string of the molecule is CC(C)(C)OC(=O)COc1cccc2oc(=O)n(Cc3ccc(Cl)cc3Cl)c12. The number of rotatable bonds is 5. The van der Waals surface area contributed by atoms with Crippen molar-refractivity contribution in [3.63, 3.8) is 0 Å². The Hall–Kier alpha value is -2.44. The summed E-state index contributed by atoms with van der Waals surface area (Å²) in [5, 5.41) is 0.931. The summed E-state index contributed by atoms with van der Waals surface area (Å²) < 4.78 is 17.6. The number of ether oxygens (including phenoxy) is 2. The summed E-state index contributed by atoms with van der Waals surface area (Å²) in [5.41, 5.74) is 0.854. The number of carbonyl (C=O) groups excluding carboxylic acids is 1. The van der Waals surface area contributed by atoms with Crippen molar-refractivity contribution in [1.82, 2.24) is 4.57 Å². The second kappa shape index (κ2) is 7.89. The highest BCUT2D eigenvalue weighted by Crippen LogP contribution is 2.28. The molecule has 3 aromatic rings. The van der Waals surface area contributed by atoms with Crippen LogP contribution >= 0.6 is 23.2 Å². The fourth-order valence-corrected chi connectivity index (χ4v) is 3.15. The van der Waals surface area contributed by atoms with Crippen LogP contribution in [0.2, 0.25) is 10.0 Å². The maximum atomic E-state index is 12.4. The molecule has 3 rings (SSSR count). The third-order valence-corrected chi connectivity index (χ3v) is 4.35. The van der Waals surface area contributed by atoms with Crippen molar-refractivity contribution in [2.45, 2.75) is 32.9 Å². The summed E-state index contributed by atoms with van der Waals surface area (Å²) in [6.07, 6.45) is 0. The van der Waals surface area contributed by atoms with Gasteiger partial charge >= 0.3 is 11.7 Å². The van der Waals surface area contributed by atoms with Crippen LogP contribution in [-0.2, 0) is 16.1 Å². The van der Waals surface area contributed by atoms with E-state index in [4.69, 9.17) is 37.1 Å². The maximum Gasteiger partial charge on any atom is 0.420 e. The Balaban J connectivity index is 1.92. The molecule has 0 bridgehead atoms. The highest BCUT2D eigenvalue weighted by atomic mass is 35.5. The van der Waals surface area contributed by atoms with Crippen molar-refractivity contribution in [1.29, 1.82) is 0 Å². The van der Waals surface area contributed by atoms with Crippen molar-refractivity contribution in [2.75, 3.05) is 6.61 Å². The fraction of sp³-hybridized carbons (Fsp3) is 0.300. The fourth-order valence-electron chi connectivity index (χ4n) is 2.68. The van der Waals surface area contributed by atoms with Gasteiger partial charge in [-0.2, -0.15) is 0 Å². The van der Waals surface area contributed by atoms with E-state index in [2.05, 4.69) is 0 Å². The first-order valence-electron chi connectivity index (χ1n) is 8.55. The van der Waals surface area contributed by atoms with E-state index in [9.17, 15) is 9.59 Å². The third kappa shape index (κ3) is 4.69. The number of carbonyl (C=O) groups is 1. The highest BCUT2D eigenvalue weighted by molar-refractivity contribution is 6.35. The number of nitrogens with zero attached hydrogens (tertiary/aromatic N) is 1. The molecule has 0 saturated carbocycles. The number of halogens is 2. The van der Waals surface area contributed by atoms with Gasteiger partial charge in [0.25, 0.3) is 0 Å². The van der Waals surface area contributed by atoms with Crippen LogP contribution < -0.4 is 10.5 Å². The summed E-state index contributed by atoms with van der Waals surface area (Å²) >= 11 is 12.2. The van der Waals surface area contributed by atoms with Crippen LogP contribution in [0.25, 0.3) is 11.1 Å². The van der Waals surface area contributed by atoms with Crippen molar-refractivity contribution in [2.24, 2.45) is 0 Å². The number of fused-ring (bicyclic) bond motifs is 1. The number of benzene rings is 2. The van der Waals surface area contributed by atoms with Crippen LogP contribution in [0, 0.1) is 0 Å². The standard InChI is InChI=1S/C20H19Cl2NO5/c1-20(2,3)28-17(24)11-26-15-5-4-6-16-18(15)23(19(25)27-16)10-12-7-8-13(21)9-14(12)22/h4-9H,10-11H2,1-3H3. The lowest BCUT2D eigenvalue weighted by molar-refractivity contribution is -0.157. The molecule has 0 saturated heterocycles. The van der Waals surface area contributed by atoms with E-state index in [0.717, 1.165) is 0 Å². The molecule has 1 heterocycles. The molecule has 0 spiro atoms. The second-order valence-corrected chi connectivity index (χ2v) is 8.01. The van der Waals surface area contributed by atoms with Crippen LogP contribution in [0.1, 0.15) is 26.3 Å². The van der Waals surface area contributed by atoms with E-state index in [0.29, 0.717) is 32.5 Å². The molecule has 0 amide bonds. The monoisotopic (exact) mass is 423 g/mol. The van der Waals surface area contributed by atoms with E-state index < -0.39 is 17.3 Å². The van der Waals surface area contributed by atoms with Crippen LogP contribution in [-0.4, -0.2) is 22.7 Å². The van der Waals surface area contributed by atoms with E-state index in [1.165, 1.54) is 4.57 Å². The van der Waals surface area contributed by atoms with Gasteiger partial charge in [0.05, 0.1) is 6.54 Å². The largest absolute Gasteiger partial charge is 0.480 e. The summed E-state index contributed by atoms with van der Waals surface area (Å²) in [6, 6.07) is 10.0. The van der Waals surface area contributed by atoms with Gasteiger partial charge in [0.2, 0.25) is 0 Å². The minimum absolute atomic E-state index is 0.161. The second-order valence-electron chi connectivity index (χ2n) is 7.17. The topological polar surface area (TPSA) is 70.7 Å². The molecule has 28 heavy (non-hydrogen) atoms.